The Morgan fingerprint density at radius 3 is 2.50 bits per heavy atom. The molecule has 1 N–H and O–H groups in total. The van der Waals surface area contributed by atoms with Crippen molar-refractivity contribution >= 4 is 32.9 Å². The monoisotopic (exact) mass is 525 g/mol. The maximum absolute atomic E-state index is 13.2. The molecule has 38 heavy (non-hydrogen) atoms. The summed E-state index contributed by atoms with van der Waals surface area (Å²) in [5, 5.41) is 12.4. The first kappa shape index (κ1) is 25.7. The quantitative estimate of drug-likeness (QED) is 0.189. The Hall–Kier alpha value is -3.90. The molecule has 0 saturated carbocycles. The number of carbonyl (C=O) groups is 1. The van der Waals surface area contributed by atoms with Gasteiger partial charge in [-0.1, -0.05) is 68.7 Å². The summed E-state index contributed by atoms with van der Waals surface area (Å²) in [6.07, 6.45) is 5.14. The van der Waals surface area contributed by atoms with Gasteiger partial charge in [0.05, 0.1) is 11.5 Å². The van der Waals surface area contributed by atoms with E-state index in [0.717, 1.165) is 46.2 Å². The maximum atomic E-state index is 13.2. The number of aromatic nitrogens is 1. The molecule has 0 atom stereocenters. The van der Waals surface area contributed by atoms with Gasteiger partial charge in [-0.15, -0.1) is 11.3 Å². The number of hydrogen-bond acceptors (Lipinski definition) is 4. The van der Waals surface area contributed by atoms with Gasteiger partial charge in [0.25, 0.3) is 5.56 Å². The Balaban J connectivity index is 1.47. The molecule has 0 aliphatic carbocycles. The molecule has 0 saturated heterocycles. The summed E-state index contributed by atoms with van der Waals surface area (Å²) < 4.78 is 7.28. The lowest BCUT2D eigenvalue weighted by Crippen LogP contribution is -2.17. The normalized spacial score (nSPS) is 11.3. The number of hydrogen-bond donors (Lipinski definition) is 1. The minimum absolute atomic E-state index is 0.000103. The summed E-state index contributed by atoms with van der Waals surface area (Å²) in [6.45, 7) is 4.81. The average Bonchev–Trinajstić information content (AvgIpc) is 3.30. The van der Waals surface area contributed by atoms with E-state index in [1.54, 1.807) is 6.07 Å². The van der Waals surface area contributed by atoms with Gasteiger partial charge in [0.2, 0.25) is 0 Å². The molecule has 0 aliphatic heterocycles. The van der Waals surface area contributed by atoms with E-state index in [1.807, 2.05) is 43.3 Å². The number of rotatable bonds is 10. The molecule has 0 spiro atoms. The third-order valence-electron chi connectivity index (χ3n) is 6.82. The molecular weight excluding hydrogens is 494 g/mol. The van der Waals surface area contributed by atoms with Gasteiger partial charge >= 0.3 is 5.97 Å². The van der Waals surface area contributed by atoms with Crippen molar-refractivity contribution in [2.75, 3.05) is 6.61 Å². The van der Waals surface area contributed by atoms with Crippen molar-refractivity contribution < 1.29 is 14.6 Å². The fourth-order valence-corrected chi connectivity index (χ4v) is 6.10. The number of carboxylic acids is 1. The van der Waals surface area contributed by atoms with Gasteiger partial charge in [0.1, 0.15) is 10.6 Å². The Bertz CT molecular complexity index is 1680. The first-order valence-corrected chi connectivity index (χ1v) is 13.9. The molecule has 0 aliphatic rings. The first-order valence-electron chi connectivity index (χ1n) is 13.1. The van der Waals surface area contributed by atoms with Crippen LogP contribution in [0.3, 0.4) is 0 Å². The van der Waals surface area contributed by atoms with Crippen LogP contribution >= 0.6 is 11.3 Å². The predicted octanol–water partition coefficient (Wildman–Crippen LogP) is 7.74. The lowest BCUT2D eigenvalue weighted by molar-refractivity contribution is 0.0690. The van der Waals surface area contributed by atoms with Gasteiger partial charge in [0.15, 0.2) is 5.69 Å². The molecule has 5 aromatic rings. The molecular formula is C32H31NO4S. The zero-order valence-corrected chi connectivity index (χ0v) is 22.5. The number of thiazole rings is 1. The second-order valence-corrected chi connectivity index (χ2v) is 10.7. The maximum Gasteiger partial charge on any atom is 0.354 e. The molecule has 3 aromatic carbocycles. The minimum Gasteiger partial charge on any atom is -0.493 e. The van der Waals surface area contributed by atoms with Crippen molar-refractivity contribution in [1.82, 2.24) is 4.40 Å². The highest BCUT2D eigenvalue weighted by molar-refractivity contribution is 7.21. The van der Waals surface area contributed by atoms with E-state index in [4.69, 9.17) is 4.74 Å². The summed E-state index contributed by atoms with van der Waals surface area (Å²) in [5.41, 5.74) is 3.34. The number of unbranched alkanes of at least 4 members (excludes halogenated alkanes) is 3. The Morgan fingerprint density at radius 2 is 1.74 bits per heavy atom. The van der Waals surface area contributed by atoms with Gasteiger partial charge in [-0.25, -0.2) is 4.79 Å². The second-order valence-electron chi connectivity index (χ2n) is 9.71. The van der Waals surface area contributed by atoms with E-state index in [1.165, 1.54) is 34.0 Å². The van der Waals surface area contributed by atoms with Crippen LogP contribution in [0.25, 0.3) is 26.0 Å². The van der Waals surface area contributed by atoms with Crippen LogP contribution in [0.1, 0.15) is 59.8 Å². The predicted molar refractivity (Wildman–Crippen MR) is 155 cm³/mol. The van der Waals surface area contributed by atoms with Crippen LogP contribution in [0.2, 0.25) is 0 Å². The molecule has 0 bridgehead atoms. The van der Waals surface area contributed by atoms with Crippen LogP contribution in [-0.2, 0) is 6.42 Å². The summed E-state index contributed by atoms with van der Waals surface area (Å²) in [4.78, 5) is 26.7. The number of ether oxygens (including phenoxy) is 1. The molecule has 2 aromatic heterocycles. The Morgan fingerprint density at radius 1 is 0.921 bits per heavy atom. The zero-order valence-electron chi connectivity index (χ0n) is 21.7. The van der Waals surface area contributed by atoms with Crippen molar-refractivity contribution in [2.24, 2.45) is 0 Å². The zero-order chi connectivity index (χ0) is 26.6. The highest BCUT2D eigenvalue weighted by atomic mass is 32.1. The van der Waals surface area contributed by atoms with E-state index < -0.39 is 5.97 Å². The lowest BCUT2D eigenvalue weighted by atomic mass is 10.0. The standard InChI is InChI=1S/C32H31NO4S/c1-3-4-5-8-15-37-27-14-13-26(16-21(27)2)31-30(32(35)36)33-28(34)19-23(20-29(33)38-31)17-22-11-12-24-9-6-7-10-25(24)18-22/h6-7,9-14,16,18-20H,3-5,8,15,17H2,1-2H3,(H,35,36). The minimum atomic E-state index is -1.12. The smallest absolute Gasteiger partial charge is 0.354 e. The van der Waals surface area contributed by atoms with E-state index in [0.29, 0.717) is 22.7 Å². The summed E-state index contributed by atoms with van der Waals surface area (Å²) >= 11 is 1.33. The number of pyridine rings is 1. The van der Waals surface area contributed by atoms with Crippen molar-refractivity contribution in [3.8, 4) is 16.2 Å². The highest BCUT2D eigenvalue weighted by Gasteiger charge is 2.22. The average molecular weight is 526 g/mol. The molecule has 0 amide bonds. The van der Waals surface area contributed by atoms with Gasteiger partial charge in [-0.2, -0.15) is 0 Å². The van der Waals surface area contributed by atoms with Crippen molar-refractivity contribution in [3.05, 3.63) is 106 Å². The summed E-state index contributed by atoms with van der Waals surface area (Å²) in [7, 11) is 0. The molecule has 194 valence electrons. The van der Waals surface area contributed by atoms with Crippen LogP contribution in [0, 0.1) is 6.92 Å². The fraction of sp³-hybridized carbons (Fsp3) is 0.250. The number of fused-ring (bicyclic) bond motifs is 2. The Labute approximate surface area is 226 Å². The van der Waals surface area contributed by atoms with Gasteiger partial charge < -0.3 is 9.84 Å². The van der Waals surface area contributed by atoms with Crippen LogP contribution in [0.5, 0.6) is 5.75 Å². The van der Waals surface area contributed by atoms with Crippen molar-refractivity contribution in [2.45, 2.75) is 46.0 Å². The molecule has 6 heteroatoms. The number of benzene rings is 3. The molecule has 0 unspecified atom stereocenters. The van der Waals surface area contributed by atoms with Crippen molar-refractivity contribution in [1.29, 1.82) is 0 Å². The van der Waals surface area contributed by atoms with Crippen LogP contribution in [0.15, 0.2) is 77.6 Å². The molecule has 2 heterocycles. The second kappa shape index (κ2) is 11.2. The van der Waals surface area contributed by atoms with E-state index in [-0.39, 0.29) is 11.3 Å². The fourth-order valence-electron chi connectivity index (χ4n) is 4.88. The molecule has 0 fully saturated rings. The SMILES string of the molecule is CCCCCCOc1ccc(-c2sc3cc(Cc4ccc5ccccc5c4)cc(=O)n3c2C(=O)O)cc1C. The van der Waals surface area contributed by atoms with E-state index in [9.17, 15) is 14.7 Å². The topological polar surface area (TPSA) is 68.0 Å². The van der Waals surface area contributed by atoms with Crippen LogP contribution in [0.4, 0.5) is 0 Å². The third-order valence-corrected chi connectivity index (χ3v) is 7.96. The van der Waals surface area contributed by atoms with Crippen LogP contribution in [-0.4, -0.2) is 22.1 Å². The largest absolute Gasteiger partial charge is 0.493 e. The highest BCUT2D eigenvalue weighted by Crippen LogP contribution is 2.35. The van der Waals surface area contributed by atoms with E-state index in [2.05, 4.69) is 37.3 Å². The van der Waals surface area contributed by atoms with Gasteiger partial charge in [0, 0.05) is 6.07 Å². The summed E-state index contributed by atoms with van der Waals surface area (Å²) in [5.74, 6) is -0.317. The third kappa shape index (κ3) is 5.36. The molecule has 0 radical (unpaired) electrons. The summed E-state index contributed by atoms with van der Waals surface area (Å²) in [6, 6.07) is 23.7. The van der Waals surface area contributed by atoms with Crippen molar-refractivity contribution in [3.63, 3.8) is 0 Å². The number of nitrogens with zero attached hydrogens (tertiary/aromatic N) is 1. The lowest BCUT2D eigenvalue weighted by Gasteiger charge is -2.10. The van der Waals surface area contributed by atoms with Gasteiger partial charge in [-0.3, -0.25) is 9.20 Å². The first-order chi connectivity index (χ1) is 18.4. The number of carboxylic acid groups (broad SMARTS) is 1. The molecule has 5 rings (SSSR count). The Kier molecular flexibility index (Phi) is 7.61. The van der Waals surface area contributed by atoms with E-state index >= 15 is 0 Å². The number of aromatic carboxylic acids is 1. The van der Waals surface area contributed by atoms with Crippen LogP contribution < -0.4 is 10.3 Å². The molecule has 5 nitrogen and oxygen atoms in total. The van der Waals surface area contributed by atoms with Gasteiger partial charge in [-0.05, 0) is 77.1 Å². The number of aryl methyl sites for hydroxylation is 1.